The lowest BCUT2D eigenvalue weighted by Gasteiger charge is -2.22. The molecule has 1 heterocycles. The van der Waals surface area contributed by atoms with Gasteiger partial charge in [-0.1, -0.05) is 48.5 Å². The maximum atomic E-state index is 13.5. The average Bonchev–Trinajstić information content (AvgIpc) is 2.96. The normalized spacial score (nSPS) is 12.1. The molecule has 0 saturated carbocycles. The van der Waals surface area contributed by atoms with Crippen molar-refractivity contribution >= 4 is 40.4 Å². The lowest BCUT2D eigenvalue weighted by molar-refractivity contribution is -0.137. The van der Waals surface area contributed by atoms with Crippen LogP contribution in [0.15, 0.2) is 108 Å². The minimum absolute atomic E-state index is 0.122. The molecule has 0 aliphatic heterocycles. The van der Waals surface area contributed by atoms with E-state index in [4.69, 9.17) is 5.41 Å². The number of carbonyl (C=O) groups is 2. The molecule has 39 heavy (non-hydrogen) atoms. The van der Waals surface area contributed by atoms with E-state index in [9.17, 15) is 19.2 Å². The molecular weight excluding hydrogens is 514 g/mol. The number of carbonyl (C=O) groups excluding carboxylic acids is 1. The van der Waals surface area contributed by atoms with Crippen molar-refractivity contribution in [3.05, 3.63) is 120 Å². The minimum Gasteiger partial charge on any atom is -0.611 e. The van der Waals surface area contributed by atoms with Crippen molar-refractivity contribution in [1.82, 2.24) is 10.3 Å². The summed E-state index contributed by atoms with van der Waals surface area (Å²) in [6.45, 7) is 0.502. The first-order chi connectivity index (χ1) is 18.9. The molecule has 2 unspecified atom stereocenters. The quantitative estimate of drug-likeness (QED) is 0.110. The zero-order valence-corrected chi connectivity index (χ0v) is 21.7. The molecule has 4 aromatic rings. The Morgan fingerprint density at radius 2 is 1.64 bits per heavy atom. The summed E-state index contributed by atoms with van der Waals surface area (Å²) >= 11 is -1.78. The molecule has 0 aliphatic rings. The number of nitrogens with zero attached hydrogens (tertiary/aromatic N) is 1. The molecule has 0 bridgehead atoms. The summed E-state index contributed by atoms with van der Waals surface area (Å²) in [5, 5.41) is 25.4. The van der Waals surface area contributed by atoms with Crippen LogP contribution in [0.1, 0.15) is 33.2 Å². The number of para-hydroxylation sites is 1. The first kappa shape index (κ1) is 27.4. The lowest BCUT2D eigenvalue weighted by Crippen LogP contribution is -2.29. The van der Waals surface area contributed by atoms with E-state index in [0.717, 1.165) is 5.56 Å². The van der Waals surface area contributed by atoms with E-state index >= 15 is 0 Å². The molecule has 3 aromatic carbocycles. The van der Waals surface area contributed by atoms with E-state index in [0.29, 0.717) is 33.9 Å². The van der Waals surface area contributed by atoms with Gasteiger partial charge in [0.25, 0.3) is 5.91 Å². The molecule has 198 valence electrons. The summed E-state index contributed by atoms with van der Waals surface area (Å²) in [6, 6.07) is 26.3. The predicted octanol–water partition coefficient (Wildman–Crippen LogP) is 4.79. The van der Waals surface area contributed by atoms with Gasteiger partial charge in [-0.05, 0) is 59.2 Å². The van der Waals surface area contributed by atoms with E-state index in [1.165, 1.54) is 6.20 Å². The molecule has 0 fully saturated rings. The van der Waals surface area contributed by atoms with Crippen LogP contribution in [0.4, 0.5) is 11.4 Å². The third-order valence-corrected chi connectivity index (χ3v) is 7.50. The fraction of sp³-hybridized carbons (Fsp3) is 0.103. The van der Waals surface area contributed by atoms with Crippen molar-refractivity contribution < 1.29 is 19.2 Å². The topological polar surface area (TPSA) is 150 Å². The zero-order chi connectivity index (χ0) is 27.6. The molecule has 0 aliphatic carbocycles. The third kappa shape index (κ3) is 7.67. The number of aromatic nitrogens is 1. The van der Waals surface area contributed by atoms with Crippen molar-refractivity contribution in [1.29, 1.82) is 5.41 Å². The summed E-state index contributed by atoms with van der Waals surface area (Å²) in [5.41, 5.74) is 2.90. The monoisotopic (exact) mass is 541 g/mol. The van der Waals surface area contributed by atoms with Crippen LogP contribution in [0.2, 0.25) is 0 Å². The Kier molecular flexibility index (Phi) is 9.28. The molecule has 9 nitrogen and oxygen atoms in total. The number of anilines is 2. The lowest BCUT2D eigenvalue weighted by atomic mass is 10.1. The van der Waals surface area contributed by atoms with E-state index in [-0.39, 0.29) is 12.4 Å². The Labute approximate surface area is 229 Å². The summed E-state index contributed by atoms with van der Waals surface area (Å²) in [5.74, 6) is -1.38. The van der Waals surface area contributed by atoms with Crippen LogP contribution in [0.5, 0.6) is 0 Å². The highest BCUT2D eigenvalue weighted by molar-refractivity contribution is 7.91. The van der Waals surface area contributed by atoms with Crippen LogP contribution >= 0.6 is 0 Å². The fourth-order valence-electron chi connectivity index (χ4n) is 3.82. The van der Waals surface area contributed by atoms with Gasteiger partial charge in [0.05, 0.1) is 12.1 Å². The molecule has 10 heteroatoms. The highest BCUT2D eigenvalue weighted by atomic mass is 32.2. The van der Waals surface area contributed by atoms with Crippen LogP contribution in [0, 0.1) is 5.41 Å². The summed E-state index contributed by atoms with van der Waals surface area (Å²) in [4.78, 5) is 28.9. The Balaban J connectivity index is 1.42. The number of guanidine groups is 1. The number of amides is 1. The number of carboxylic acids is 1. The van der Waals surface area contributed by atoms with Gasteiger partial charge in [0.15, 0.2) is 16.1 Å². The number of benzene rings is 3. The second-order valence-electron chi connectivity index (χ2n) is 8.54. The minimum atomic E-state index is -1.78. The predicted molar refractivity (Wildman–Crippen MR) is 151 cm³/mol. The van der Waals surface area contributed by atoms with Crippen molar-refractivity contribution in [2.75, 3.05) is 10.6 Å². The van der Waals surface area contributed by atoms with Crippen molar-refractivity contribution in [3.8, 4) is 0 Å². The second kappa shape index (κ2) is 13.2. The van der Waals surface area contributed by atoms with Gasteiger partial charge in [0, 0.05) is 35.8 Å². The Bertz CT molecular complexity index is 1420. The summed E-state index contributed by atoms with van der Waals surface area (Å²) in [7, 11) is 0. The second-order valence-corrected chi connectivity index (χ2v) is 10.1. The van der Waals surface area contributed by atoms with Gasteiger partial charge in [-0.15, -0.1) is 0 Å². The number of aliphatic carboxylic acids is 1. The molecule has 2 atom stereocenters. The number of pyridine rings is 1. The van der Waals surface area contributed by atoms with E-state index in [1.807, 2.05) is 30.3 Å². The highest BCUT2D eigenvalue weighted by Gasteiger charge is 2.31. The zero-order valence-electron chi connectivity index (χ0n) is 20.8. The van der Waals surface area contributed by atoms with Gasteiger partial charge in [-0.3, -0.25) is 20.0 Å². The van der Waals surface area contributed by atoms with E-state index in [1.54, 1.807) is 66.9 Å². The van der Waals surface area contributed by atoms with Crippen LogP contribution in [-0.2, 0) is 22.5 Å². The average molecular weight is 542 g/mol. The Morgan fingerprint density at radius 3 is 2.33 bits per heavy atom. The van der Waals surface area contributed by atoms with Gasteiger partial charge in [-0.2, -0.15) is 0 Å². The molecule has 0 radical (unpaired) electrons. The molecule has 1 amide bonds. The van der Waals surface area contributed by atoms with Crippen molar-refractivity contribution in [2.24, 2.45) is 0 Å². The molecule has 0 saturated heterocycles. The Hall–Kier alpha value is -4.67. The molecule has 1 aromatic heterocycles. The number of hydrogen-bond acceptors (Lipinski definition) is 5. The van der Waals surface area contributed by atoms with E-state index < -0.39 is 28.3 Å². The van der Waals surface area contributed by atoms with Crippen molar-refractivity contribution in [2.45, 2.75) is 23.1 Å². The maximum absolute atomic E-state index is 13.5. The first-order valence-corrected chi connectivity index (χ1v) is 13.3. The van der Waals surface area contributed by atoms with Gasteiger partial charge in [0.1, 0.15) is 0 Å². The van der Waals surface area contributed by atoms with Crippen LogP contribution in [0.25, 0.3) is 0 Å². The molecule has 4 rings (SSSR count). The number of hydrogen-bond donors (Lipinski definition) is 5. The molecule has 0 spiro atoms. The maximum Gasteiger partial charge on any atom is 0.308 e. The third-order valence-electron chi connectivity index (χ3n) is 5.76. The molecular formula is C29H27N5O4S. The van der Waals surface area contributed by atoms with Gasteiger partial charge in [-0.25, -0.2) is 0 Å². The molecule has 5 N–H and O–H groups in total. The van der Waals surface area contributed by atoms with Crippen LogP contribution in [-0.4, -0.2) is 32.5 Å². The smallest absolute Gasteiger partial charge is 0.308 e. The highest BCUT2D eigenvalue weighted by Crippen LogP contribution is 2.35. The number of rotatable bonds is 10. The fourth-order valence-corrected chi connectivity index (χ4v) is 5.35. The van der Waals surface area contributed by atoms with Crippen molar-refractivity contribution in [3.63, 3.8) is 0 Å². The summed E-state index contributed by atoms with van der Waals surface area (Å²) in [6.07, 6.45) is 2.70. The van der Waals surface area contributed by atoms with E-state index in [2.05, 4.69) is 20.9 Å². The van der Waals surface area contributed by atoms with Crippen LogP contribution in [0.3, 0.4) is 0 Å². The SMILES string of the molecule is N=C(NCc1ccccc1)Nc1ccc(C(=O)Nc2ccccc2[S+]([O-])C(CC(=O)O)c2cccnc2)cc1. The van der Waals surface area contributed by atoms with Gasteiger partial charge >= 0.3 is 5.97 Å². The first-order valence-electron chi connectivity index (χ1n) is 12.1. The number of carboxylic acid groups (broad SMARTS) is 1. The standard InChI is InChI=1S/C29H27N5O4S/c30-29(32-18-20-7-2-1-3-8-20)33-23-14-12-21(13-15-23)28(37)34-24-10-4-5-11-25(24)39(38)26(17-27(35)36)22-9-6-16-31-19-22/h1-16,19,26H,17-18H2,(H,34,37)(H,35,36)(H3,30,32,33). The van der Waals surface area contributed by atoms with Gasteiger partial charge in [0.2, 0.25) is 0 Å². The van der Waals surface area contributed by atoms with Crippen LogP contribution < -0.4 is 16.0 Å². The summed E-state index contributed by atoms with van der Waals surface area (Å²) < 4.78 is 13.5. The number of nitrogens with one attached hydrogen (secondary N) is 4. The van der Waals surface area contributed by atoms with Gasteiger partial charge < -0.3 is 25.6 Å². The largest absolute Gasteiger partial charge is 0.611 e. The Morgan fingerprint density at radius 1 is 0.923 bits per heavy atom.